The maximum atomic E-state index is 4.31. The minimum absolute atomic E-state index is 1.13. The summed E-state index contributed by atoms with van der Waals surface area (Å²) in [7, 11) is 2.06. The van der Waals surface area contributed by atoms with Crippen molar-refractivity contribution in [2.45, 2.75) is 6.92 Å². The Kier molecular flexibility index (Phi) is 2.44. The number of hydrogen-bond donors (Lipinski definition) is 0. The fourth-order valence-electron chi connectivity index (χ4n) is 2.09. The highest BCUT2D eigenvalue weighted by atomic mass is 15.4. The molecule has 2 aromatic heterocycles. The number of nitrogens with zero attached hydrogens (tertiary/aromatic N) is 5. The van der Waals surface area contributed by atoms with E-state index >= 15 is 0 Å². The average molecular weight is 239 g/mol. The second kappa shape index (κ2) is 4.10. The molecule has 0 saturated heterocycles. The number of fused-ring (bicyclic) bond motifs is 1. The van der Waals surface area contributed by atoms with Crippen LogP contribution in [0.3, 0.4) is 0 Å². The van der Waals surface area contributed by atoms with Gasteiger partial charge >= 0.3 is 0 Å². The van der Waals surface area contributed by atoms with Gasteiger partial charge in [0.1, 0.15) is 12.7 Å². The highest BCUT2D eigenvalue weighted by Gasteiger charge is 2.08. The molecule has 0 aliphatic rings. The molecule has 0 fully saturated rings. The van der Waals surface area contributed by atoms with Crippen LogP contribution in [0, 0.1) is 6.92 Å². The second-order valence-corrected chi connectivity index (χ2v) is 4.16. The van der Waals surface area contributed by atoms with Crippen LogP contribution in [0.15, 0.2) is 42.0 Å². The van der Waals surface area contributed by atoms with Crippen LogP contribution in [0.4, 0.5) is 0 Å². The third-order valence-corrected chi connectivity index (χ3v) is 3.18. The van der Waals surface area contributed by atoms with Crippen molar-refractivity contribution in [2.75, 3.05) is 0 Å². The molecule has 0 spiro atoms. The Labute approximate surface area is 104 Å². The Morgan fingerprint density at radius 1 is 1.17 bits per heavy atom. The van der Waals surface area contributed by atoms with Gasteiger partial charge in [0.05, 0.1) is 6.21 Å². The molecule has 3 rings (SSSR count). The molecule has 0 N–H and O–H groups in total. The molecule has 2 heterocycles. The zero-order chi connectivity index (χ0) is 12.5. The van der Waals surface area contributed by atoms with E-state index in [1.54, 1.807) is 17.3 Å². The molecule has 0 saturated carbocycles. The lowest BCUT2D eigenvalue weighted by Crippen LogP contribution is -1.93. The molecule has 0 unspecified atom stereocenters. The molecule has 18 heavy (non-hydrogen) atoms. The molecule has 0 aliphatic heterocycles. The van der Waals surface area contributed by atoms with Crippen LogP contribution in [0.2, 0.25) is 0 Å². The largest absolute Gasteiger partial charge is 0.347 e. The predicted octanol–water partition coefficient (Wildman–Crippen LogP) is 1.96. The minimum Gasteiger partial charge on any atom is -0.347 e. The molecule has 5 heteroatoms. The Morgan fingerprint density at radius 2 is 1.89 bits per heavy atom. The van der Waals surface area contributed by atoms with Crippen LogP contribution >= 0.6 is 0 Å². The first-order valence-corrected chi connectivity index (χ1v) is 5.70. The second-order valence-electron chi connectivity index (χ2n) is 4.16. The third kappa shape index (κ3) is 1.60. The Morgan fingerprint density at radius 3 is 2.67 bits per heavy atom. The van der Waals surface area contributed by atoms with Gasteiger partial charge in [-0.25, -0.2) is 4.68 Å². The van der Waals surface area contributed by atoms with Gasteiger partial charge in [-0.1, -0.05) is 18.2 Å². The maximum absolute atomic E-state index is 4.31. The molecule has 3 aromatic rings. The summed E-state index contributed by atoms with van der Waals surface area (Å²) < 4.78 is 3.75. The lowest BCUT2D eigenvalue weighted by Gasteiger charge is -1.97. The topological polar surface area (TPSA) is 48.0 Å². The monoisotopic (exact) mass is 239 g/mol. The van der Waals surface area contributed by atoms with E-state index in [2.05, 4.69) is 46.0 Å². The number of aromatic nitrogens is 4. The number of para-hydroxylation sites is 1. The van der Waals surface area contributed by atoms with Gasteiger partial charge in [-0.3, -0.25) is 0 Å². The highest BCUT2D eigenvalue weighted by molar-refractivity contribution is 6.01. The van der Waals surface area contributed by atoms with E-state index in [9.17, 15) is 0 Å². The number of aryl methyl sites for hydroxylation is 1. The summed E-state index contributed by atoms with van der Waals surface area (Å²) in [4.78, 5) is 0. The lowest BCUT2D eigenvalue weighted by molar-refractivity contribution is 0.876. The molecule has 90 valence electrons. The normalized spacial score (nSPS) is 11.7. The van der Waals surface area contributed by atoms with Crippen molar-refractivity contribution < 1.29 is 0 Å². The molecule has 0 radical (unpaired) electrons. The molecular formula is C13H13N5. The van der Waals surface area contributed by atoms with Crippen LogP contribution in [-0.4, -0.2) is 25.7 Å². The van der Waals surface area contributed by atoms with Gasteiger partial charge in [-0.15, -0.1) is 10.2 Å². The van der Waals surface area contributed by atoms with Crippen LogP contribution in [0.1, 0.15) is 11.3 Å². The summed E-state index contributed by atoms with van der Waals surface area (Å²) in [5, 5.41) is 13.0. The van der Waals surface area contributed by atoms with E-state index in [0.717, 1.165) is 5.56 Å². The zero-order valence-corrected chi connectivity index (χ0v) is 10.3. The van der Waals surface area contributed by atoms with Gasteiger partial charge < -0.3 is 4.57 Å². The van der Waals surface area contributed by atoms with Gasteiger partial charge in [-0.2, -0.15) is 5.10 Å². The Hall–Kier alpha value is -2.43. The highest BCUT2D eigenvalue weighted by Crippen LogP contribution is 2.22. The predicted molar refractivity (Wildman–Crippen MR) is 70.7 cm³/mol. The van der Waals surface area contributed by atoms with E-state index in [4.69, 9.17) is 0 Å². The van der Waals surface area contributed by atoms with Crippen molar-refractivity contribution in [3.05, 3.63) is 48.2 Å². The van der Waals surface area contributed by atoms with Crippen molar-refractivity contribution in [2.24, 2.45) is 12.1 Å². The average Bonchev–Trinajstić information content (AvgIpc) is 2.98. The van der Waals surface area contributed by atoms with Gasteiger partial charge in [0.2, 0.25) is 0 Å². The van der Waals surface area contributed by atoms with Crippen LogP contribution in [-0.2, 0) is 7.05 Å². The standard InChI is InChI=1S/C13H13N5/c1-10-12(7-16-18-8-14-15-9-18)11-5-3-4-6-13(11)17(10)2/h3-9H,1-2H3. The quantitative estimate of drug-likeness (QED) is 0.642. The van der Waals surface area contributed by atoms with Gasteiger partial charge in [-0.05, 0) is 13.0 Å². The molecule has 0 amide bonds. The van der Waals surface area contributed by atoms with Crippen LogP contribution < -0.4 is 0 Å². The number of benzene rings is 1. The van der Waals surface area contributed by atoms with Gasteiger partial charge in [0.15, 0.2) is 0 Å². The van der Waals surface area contributed by atoms with Crippen molar-refractivity contribution in [1.82, 2.24) is 19.4 Å². The molecule has 1 aromatic carbocycles. The van der Waals surface area contributed by atoms with Crippen molar-refractivity contribution in [1.29, 1.82) is 0 Å². The van der Waals surface area contributed by atoms with Crippen LogP contribution in [0.25, 0.3) is 10.9 Å². The summed E-state index contributed by atoms with van der Waals surface area (Å²) in [5.41, 5.74) is 3.52. The smallest absolute Gasteiger partial charge is 0.141 e. The molecular weight excluding hydrogens is 226 g/mol. The maximum Gasteiger partial charge on any atom is 0.141 e. The summed E-state index contributed by atoms with van der Waals surface area (Å²) in [6.07, 6.45) is 4.98. The van der Waals surface area contributed by atoms with E-state index in [1.165, 1.54) is 16.6 Å². The van der Waals surface area contributed by atoms with Gasteiger partial charge in [0.25, 0.3) is 0 Å². The molecule has 0 atom stereocenters. The molecule has 0 aliphatic carbocycles. The van der Waals surface area contributed by atoms with Crippen LogP contribution in [0.5, 0.6) is 0 Å². The number of rotatable bonds is 2. The zero-order valence-electron chi connectivity index (χ0n) is 10.3. The number of hydrogen-bond acceptors (Lipinski definition) is 3. The first-order valence-electron chi connectivity index (χ1n) is 5.70. The SMILES string of the molecule is Cc1c(C=Nn2cnnc2)c2ccccc2n1C. The molecule has 0 bridgehead atoms. The van der Waals surface area contributed by atoms with E-state index < -0.39 is 0 Å². The van der Waals surface area contributed by atoms with Crippen molar-refractivity contribution >= 4 is 17.1 Å². The summed E-state index contributed by atoms with van der Waals surface area (Å²) in [6, 6.07) is 8.30. The van der Waals surface area contributed by atoms with E-state index in [-0.39, 0.29) is 0 Å². The minimum atomic E-state index is 1.13. The van der Waals surface area contributed by atoms with Gasteiger partial charge in [0, 0.05) is 29.2 Å². The van der Waals surface area contributed by atoms with Crippen molar-refractivity contribution in [3.63, 3.8) is 0 Å². The fourth-order valence-corrected chi connectivity index (χ4v) is 2.09. The summed E-state index contributed by atoms with van der Waals surface area (Å²) >= 11 is 0. The van der Waals surface area contributed by atoms with E-state index in [0.29, 0.717) is 0 Å². The summed E-state index contributed by atoms with van der Waals surface area (Å²) in [6.45, 7) is 2.09. The summed E-state index contributed by atoms with van der Waals surface area (Å²) in [5.74, 6) is 0. The fraction of sp³-hybridized carbons (Fsp3) is 0.154. The van der Waals surface area contributed by atoms with E-state index in [1.807, 2.05) is 18.3 Å². The van der Waals surface area contributed by atoms with Crippen molar-refractivity contribution in [3.8, 4) is 0 Å². The Bertz CT molecular complexity index is 706. The lowest BCUT2D eigenvalue weighted by atomic mass is 10.1. The third-order valence-electron chi connectivity index (χ3n) is 3.18. The first-order chi connectivity index (χ1) is 8.77. The molecule has 5 nitrogen and oxygen atoms in total. The first kappa shape index (κ1) is 10.7. The Balaban J connectivity index is 2.14.